The van der Waals surface area contributed by atoms with E-state index >= 15 is 0 Å². The summed E-state index contributed by atoms with van der Waals surface area (Å²) in [6.45, 7) is 3.62. The summed E-state index contributed by atoms with van der Waals surface area (Å²) in [6.07, 6.45) is -4.37. The second kappa shape index (κ2) is 6.66. The zero-order chi connectivity index (χ0) is 16.3. The molecule has 0 bridgehead atoms. The number of amides is 1. The number of alkyl halides is 3. The van der Waals surface area contributed by atoms with Crippen molar-refractivity contribution in [2.24, 2.45) is 0 Å². The van der Waals surface area contributed by atoms with Crippen molar-refractivity contribution in [3.63, 3.8) is 0 Å². The maximum absolute atomic E-state index is 12.6. The molecule has 7 heteroatoms. The lowest BCUT2D eigenvalue weighted by atomic mass is 10.0. The van der Waals surface area contributed by atoms with Gasteiger partial charge in [-0.25, -0.2) is 0 Å². The molecule has 4 nitrogen and oxygen atoms in total. The fraction of sp³-hybridized carbons (Fsp3) is 0.533. The van der Waals surface area contributed by atoms with E-state index in [2.05, 4.69) is 0 Å². The smallest absolute Gasteiger partial charge is 0.395 e. The number of hydrogen-bond donors (Lipinski definition) is 1. The number of rotatable bonds is 3. The molecule has 1 fully saturated rings. The molecule has 0 unspecified atom stereocenters. The number of benzene rings is 1. The summed E-state index contributed by atoms with van der Waals surface area (Å²) in [5.41, 5.74) is -0.0283. The lowest BCUT2D eigenvalue weighted by molar-refractivity contribution is -0.138. The van der Waals surface area contributed by atoms with Gasteiger partial charge in [-0.15, -0.1) is 0 Å². The van der Waals surface area contributed by atoms with Crippen LogP contribution in [0.2, 0.25) is 0 Å². The molecule has 1 atom stereocenters. The highest BCUT2D eigenvalue weighted by atomic mass is 19.4. The average Bonchev–Trinajstić information content (AvgIpc) is 2.46. The Labute approximate surface area is 127 Å². The number of halogens is 3. The first-order valence-corrected chi connectivity index (χ1v) is 7.10. The van der Waals surface area contributed by atoms with E-state index in [4.69, 9.17) is 5.11 Å². The van der Waals surface area contributed by atoms with Crippen molar-refractivity contribution in [1.29, 1.82) is 0 Å². The Morgan fingerprint density at radius 3 is 2.41 bits per heavy atom. The van der Waals surface area contributed by atoms with Gasteiger partial charge in [-0.05, 0) is 17.7 Å². The number of β-amino-alcohol motifs (C(OH)–C–C–N with tert-alkyl or cyclic N) is 1. The second-order valence-electron chi connectivity index (χ2n) is 5.37. The van der Waals surface area contributed by atoms with Gasteiger partial charge in [0.15, 0.2) is 0 Å². The monoisotopic (exact) mass is 316 g/mol. The Hall–Kier alpha value is -1.60. The quantitative estimate of drug-likeness (QED) is 0.926. The first-order chi connectivity index (χ1) is 10.3. The van der Waals surface area contributed by atoms with Crippen molar-refractivity contribution < 1.29 is 23.1 Å². The number of piperazine rings is 1. The van der Waals surface area contributed by atoms with Crippen molar-refractivity contribution >= 4 is 5.91 Å². The van der Waals surface area contributed by atoms with Crippen LogP contribution in [0.1, 0.15) is 24.1 Å². The maximum atomic E-state index is 12.6. The van der Waals surface area contributed by atoms with Crippen LogP contribution in [0.15, 0.2) is 24.3 Å². The second-order valence-corrected chi connectivity index (χ2v) is 5.37. The number of carbonyl (C=O) groups is 1. The summed E-state index contributed by atoms with van der Waals surface area (Å²) in [7, 11) is 0. The Bertz CT molecular complexity index is 517. The third-order valence-corrected chi connectivity index (χ3v) is 3.91. The fourth-order valence-electron chi connectivity index (χ4n) is 2.74. The number of hydrogen-bond acceptors (Lipinski definition) is 3. The van der Waals surface area contributed by atoms with Gasteiger partial charge in [-0.1, -0.05) is 12.1 Å². The van der Waals surface area contributed by atoms with E-state index in [0.717, 1.165) is 12.1 Å². The van der Waals surface area contributed by atoms with Gasteiger partial charge in [0.1, 0.15) is 0 Å². The van der Waals surface area contributed by atoms with Crippen LogP contribution in [-0.2, 0) is 11.0 Å². The minimum atomic E-state index is -4.37. The van der Waals surface area contributed by atoms with Gasteiger partial charge in [0.05, 0.1) is 18.2 Å². The van der Waals surface area contributed by atoms with E-state index in [0.29, 0.717) is 31.7 Å². The molecule has 0 saturated carbocycles. The Morgan fingerprint density at radius 1 is 1.27 bits per heavy atom. The van der Waals surface area contributed by atoms with Gasteiger partial charge in [0.25, 0.3) is 0 Å². The zero-order valence-corrected chi connectivity index (χ0v) is 12.3. The molecule has 2 rings (SSSR count). The van der Waals surface area contributed by atoms with Gasteiger partial charge < -0.3 is 10.0 Å². The number of aliphatic hydroxyl groups is 1. The van der Waals surface area contributed by atoms with Crippen LogP contribution < -0.4 is 0 Å². The van der Waals surface area contributed by atoms with E-state index in [-0.39, 0.29) is 18.6 Å². The van der Waals surface area contributed by atoms with Crippen molar-refractivity contribution in [2.45, 2.75) is 19.1 Å². The fourth-order valence-corrected chi connectivity index (χ4v) is 2.74. The average molecular weight is 316 g/mol. The first kappa shape index (κ1) is 16.8. The topological polar surface area (TPSA) is 43.8 Å². The first-order valence-electron chi connectivity index (χ1n) is 7.10. The van der Waals surface area contributed by atoms with Crippen LogP contribution in [0.5, 0.6) is 0 Å². The highest BCUT2D eigenvalue weighted by molar-refractivity contribution is 5.74. The summed E-state index contributed by atoms with van der Waals surface area (Å²) in [5.74, 6) is -0.103. The van der Waals surface area contributed by atoms with E-state index in [1.807, 2.05) is 4.90 Å². The summed E-state index contributed by atoms with van der Waals surface area (Å²) in [5, 5.41) is 9.03. The molecule has 1 saturated heterocycles. The molecule has 122 valence electrons. The molecule has 0 spiro atoms. The number of nitrogens with zero attached hydrogens (tertiary/aromatic N) is 2. The van der Waals surface area contributed by atoms with Gasteiger partial charge in [-0.3, -0.25) is 9.69 Å². The molecule has 0 aliphatic carbocycles. The van der Waals surface area contributed by atoms with Gasteiger partial charge in [0, 0.05) is 33.1 Å². The van der Waals surface area contributed by atoms with Crippen molar-refractivity contribution in [3.8, 4) is 0 Å². The third kappa shape index (κ3) is 3.78. The standard InChI is InChI=1S/C15H19F3N2O2/c1-11(22)20-7-6-19(8-9-21)10-14(20)12-2-4-13(5-3-12)15(16,17)18/h2-5,14,21H,6-10H2,1H3/t14-/m0/s1. The van der Waals surface area contributed by atoms with Crippen LogP contribution in [0.3, 0.4) is 0 Å². The van der Waals surface area contributed by atoms with Crippen LogP contribution in [0.4, 0.5) is 13.2 Å². The molecule has 1 N–H and O–H groups in total. The van der Waals surface area contributed by atoms with Crippen molar-refractivity contribution in [1.82, 2.24) is 9.80 Å². The van der Waals surface area contributed by atoms with Gasteiger partial charge >= 0.3 is 6.18 Å². The normalized spacial score (nSPS) is 20.2. The zero-order valence-electron chi connectivity index (χ0n) is 12.3. The molecule has 1 aromatic rings. The van der Waals surface area contributed by atoms with Gasteiger partial charge in [0.2, 0.25) is 5.91 Å². The van der Waals surface area contributed by atoms with Gasteiger partial charge in [-0.2, -0.15) is 13.2 Å². The Morgan fingerprint density at radius 2 is 1.91 bits per heavy atom. The number of aliphatic hydroxyl groups excluding tert-OH is 1. The Kier molecular flexibility index (Phi) is 5.08. The van der Waals surface area contributed by atoms with E-state index in [1.165, 1.54) is 19.1 Å². The largest absolute Gasteiger partial charge is 0.416 e. The minimum Gasteiger partial charge on any atom is -0.395 e. The molecule has 0 aromatic heterocycles. The summed E-state index contributed by atoms with van der Waals surface area (Å²) in [4.78, 5) is 15.4. The summed E-state index contributed by atoms with van der Waals surface area (Å²) >= 11 is 0. The highest BCUT2D eigenvalue weighted by Crippen LogP contribution is 2.31. The summed E-state index contributed by atoms with van der Waals surface area (Å²) < 4.78 is 37.9. The van der Waals surface area contributed by atoms with E-state index in [1.54, 1.807) is 4.90 Å². The minimum absolute atomic E-state index is 0.0137. The number of carbonyl (C=O) groups excluding carboxylic acids is 1. The van der Waals surface area contributed by atoms with Crippen molar-refractivity contribution in [3.05, 3.63) is 35.4 Å². The molecular weight excluding hydrogens is 297 g/mol. The molecule has 1 aromatic carbocycles. The van der Waals surface area contributed by atoms with Crippen LogP contribution in [0, 0.1) is 0 Å². The molecule has 1 amide bonds. The SMILES string of the molecule is CC(=O)N1CCN(CCO)C[C@H]1c1ccc(C(F)(F)F)cc1. The maximum Gasteiger partial charge on any atom is 0.416 e. The van der Waals surface area contributed by atoms with Crippen LogP contribution in [0.25, 0.3) is 0 Å². The molecule has 0 radical (unpaired) electrons. The third-order valence-electron chi connectivity index (χ3n) is 3.91. The molecule has 22 heavy (non-hydrogen) atoms. The predicted molar refractivity (Wildman–Crippen MR) is 75.1 cm³/mol. The van der Waals surface area contributed by atoms with Crippen LogP contribution in [-0.4, -0.2) is 53.6 Å². The van der Waals surface area contributed by atoms with Crippen LogP contribution >= 0.6 is 0 Å². The lowest BCUT2D eigenvalue weighted by Gasteiger charge is -2.41. The van der Waals surface area contributed by atoms with E-state index in [9.17, 15) is 18.0 Å². The highest BCUT2D eigenvalue weighted by Gasteiger charge is 2.32. The molecule has 1 aliphatic heterocycles. The van der Waals surface area contributed by atoms with E-state index < -0.39 is 11.7 Å². The lowest BCUT2D eigenvalue weighted by Crippen LogP contribution is -2.50. The Balaban J connectivity index is 2.23. The molecule has 1 heterocycles. The summed E-state index contributed by atoms with van der Waals surface area (Å²) in [6, 6.07) is 4.63. The molecule has 1 aliphatic rings. The molecular formula is C15H19F3N2O2. The van der Waals surface area contributed by atoms with Crippen molar-refractivity contribution in [2.75, 3.05) is 32.8 Å². The predicted octanol–water partition coefficient (Wildman–Crippen LogP) is 1.90.